The molecule has 5 nitrogen and oxygen atoms in total. The average molecular weight is 503 g/mol. The first-order valence-electron chi connectivity index (χ1n) is 10.5. The Balaban J connectivity index is 1.54. The van der Waals surface area contributed by atoms with Gasteiger partial charge in [-0.1, -0.05) is 53.6 Å². The Hall–Kier alpha value is -2.48. The fourth-order valence-electron chi connectivity index (χ4n) is 3.19. The number of hydrogen-bond donors (Lipinski definition) is 1. The van der Waals surface area contributed by atoms with Crippen molar-refractivity contribution in [3.63, 3.8) is 0 Å². The molecule has 0 aliphatic rings. The molecule has 8 heteroatoms. The van der Waals surface area contributed by atoms with Crippen molar-refractivity contribution in [2.24, 2.45) is 0 Å². The summed E-state index contributed by atoms with van der Waals surface area (Å²) >= 11 is 7.71. The van der Waals surface area contributed by atoms with Gasteiger partial charge in [0.05, 0.1) is 18.5 Å². The van der Waals surface area contributed by atoms with Crippen molar-refractivity contribution in [1.29, 1.82) is 0 Å². The summed E-state index contributed by atoms with van der Waals surface area (Å²) in [4.78, 5) is 12.5. The lowest BCUT2D eigenvalue weighted by Gasteiger charge is -2.23. The molecular weight excluding hydrogens is 476 g/mol. The number of amides is 1. The number of carbonyl (C=O) groups excluding carboxylic acids is 1. The summed E-state index contributed by atoms with van der Waals surface area (Å²) in [6, 6.07) is 22.1. The fraction of sp³-hybridized carbons (Fsp3) is 0.240. The van der Waals surface area contributed by atoms with Crippen LogP contribution in [-0.4, -0.2) is 32.9 Å². The highest BCUT2D eigenvalue weighted by Gasteiger charge is 2.18. The molecule has 3 aromatic carbocycles. The highest BCUT2D eigenvalue weighted by molar-refractivity contribution is 7.98. The zero-order valence-corrected chi connectivity index (χ0v) is 21.0. The van der Waals surface area contributed by atoms with Gasteiger partial charge in [0.15, 0.2) is 0 Å². The molecule has 3 rings (SSSR count). The number of anilines is 1. The molecule has 0 saturated heterocycles. The first-order chi connectivity index (χ1) is 15.7. The molecule has 0 saturated carbocycles. The van der Waals surface area contributed by atoms with Crippen LogP contribution in [0.15, 0.2) is 72.8 Å². The third-order valence-electron chi connectivity index (χ3n) is 4.95. The van der Waals surface area contributed by atoms with Crippen LogP contribution >= 0.6 is 23.4 Å². The lowest BCUT2D eigenvalue weighted by atomic mass is 10.1. The number of rotatable bonds is 10. The van der Waals surface area contributed by atoms with Crippen LogP contribution < -0.4 is 9.62 Å². The van der Waals surface area contributed by atoms with E-state index in [1.165, 1.54) is 10.6 Å². The minimum Gasteiger partial charge on any atom is -0.351 e. The quantitative estimate of drug-likeness (QED) is 0.383. The van der Waals surface area contributed by atoms with Gasteiger partial charge in [-0.05, 0) is 54.4 Å². The summed E-state index contributed by atoms with van der Waals surface area (Å²) in [7, 11) is -3.48. The third-order valence-corrected chi connectivity index (χ3v) is 7.36. The van der Waals surface area contributed by atoms with Crippen molar-refractivity contribution >= 4 is 45.0 Å². The van der Waals surface area contributed by atoms with E-state index in [2.05, 4.69) is 5.32 Å². The zero-order chi connectivity index (χ0) is 23.8. The number of nitrogens with zero attached hydrogens (tertiary/aromatic N) is 1. The number of halogens is 1. The Morgan fingerprint density at radius 2 is 1.70 bits per heavy atom. The molecule has 0 bridgehead atoms. The van der Waals surface area contributed by atoms with E-state index in [9.17, 15) is 13.2 Å². The van der Waals surface area contributed by atoms with Crippen LogP contribution in [0.4, 0.5) is 5.69 Å². The fourth-order valence-corrected chi connectivity index (χ4v) is 5.10. The zero-order valence-electron chi connectivity index (χ0n) is 18.6. The molecule has 1 N–H and O–H groups in total. The van der Waals surface area contributed by atoms with Gasteiger partial charge in [0.1, 0.15) is 0 Å². The predicted molar refractivity (Wildman–Crippen MR) is 139 cm³/mol. The number of nitrogens with one attached hydrogen (secondary N) is 1. The van der Waals surface area contributed by atoms with Crippen molar-refractivity contribution in [1.82, 2.24) is 5.32 Å². The van der Waals surface area contributed by atoms with Gasteiger partial charge < -0.3 is 5.32 Å². The number of thioether (sulfide) groups is 1. The summed E-state index contributed by atoms with van der Waals surface area (Å²) < 4.78 is 26.1. The van der Waals surface area contributed by atoms with Gasteiger partial charge in [0.25, 0.3) is 5.91 Å². The van der Waals surface area contributed by atoms with E-state index >= 15 is 0 Å². The summed E-state index contributed by atoms with van der Waals surface area (Å²) in [6.45, 7) is 2.75. The van der Waals surface area contributed by atoms with E-state index in [0.717, 1.165) is 33.2 Å². The molecule has 0 aliphatic heterocycles. The van der Waals surface area contributed by atoms with E-state index in [4.69, 9.17) is 11.6 Å². The minimum absolute atomic E-state index is 0.186. The Morgan fingerprint density at radius 3 is 2.33 bits per heavy atom. The van der Waals surface area contributed by atoms with Crippen LogP contribution in [0.3, 0.4) is 0 Å². The molecular formula is C25H27ClN2O3S2. The van der Waals surface area contributed by atoms with Crippen molar-refractivity contribution in [2.45, 2.75) is 19.2 Å². The van der Waals surface area contributed by atoms with Gasteiger partial charge in [0, 0.05) is 28.6 Å². The van der Waals surface area contributed by atoms with Gasteiger partial charge in [-0.2, -0.15) is 11.8 Å². The van der Waals surface area contributed by atoms with Crippen molar-refractivity contribution < 1.29 is 13.2 Å². The minimum atomic E-state index is -3.48. The highest BCUT2D eigenvalue weighted by Crippen LogP contribution is 2.22. The van der Waals surface area contributed by atoms with Crippen molar-refractivity contribution in [2.75, 3.05) is 22.9 Å². The smallest absolute Gasteiger partial charge is 0.251 e. The second-order valence-electron chi connectivity index (χ2n) is 7.74. The second kappa shape index (κ2) is 11.6. The van der Waals surface area contributed by atoms with Gasteiger partial charge in [-0.25, -0.2) is 8.42 Å². The van der Waals surface area contributed by atoms with Gasteiger partial charge >= 0.3 is 0 Å². The predicted octanol–water partition coefficient (Wildman–Crippen LogP) is 5.28. The highest BCUT2D eigenvalue weighted by atomic mass is 35.5. The molecule has 0 aliphatic carbocycles. The molecule has 0 atom stereocenters. The maximum Gasteiger partial charge on any atom is 0.251 e. The third kappa shape index (κ3) is 7.81. The molecule has 33 heavy (non-hydrogen) atoms. The van der Waals surface area contributed by atoms with Crippen LogP contribution in [0.25, 0.3) is 0 Å². The van der Waals surface area contributed by atoms with E-state index in [1.54, 1.807) is 36.0 Å². The van der Waals surface area contributed by atoms with Crippen molar-refractivity contribution in [3.8, 4) is 0 Å². The van der Waals surface area contributed by atoms with E-state index in [1.807, 2.05) is 55.5 Å². The van der Waals surface area contributed by atoms with Crippen LogP contribution in [0, 0.1) is 6.92 Å². The lowest BCUT2D eigenvalue weighted by molar-refractivity contribution is 0.0956. The van der Waals surface area contributed by atoms with Crippen LogP contribution in [0.2, 0.25) is 5.02 Å². The molecule has 0 fully saturated rings. The van der Waals surface area contributed by atoms with Crippen LogP contribution in [0.5, 0.6) is 0 Å². The molecule has 0 radical (unpaired) electrons. The Labute approximate surface area is 205 Å². The number of hydrogen-bond acceptors (Lipinski definition) is 4. The molecule has 0 aromatic heterocycles. The lowest BCUT2D eigenvalue weighted by Crippen LogP contribution is -2.29. The topological polar surface area (TPSA) is 66.5 Å². The monoisotopic (exact) mass is 502 g/mol. The summed E-state index contributed by atoms with van der Waals surface area (Å²) in [5.41, 5.74) is 4.16. The molecule has 3 aromatic rings. The number of carbonyl (C=O) groups is 1. The Bertz CT molecular complexity index is 1180. The first kappa shape index (κ1) is 25.1. The number of sulfonamides is 1. The van der Waals surface area contributed by atoms with E-state index in [0.29, 0.717) is 17.8 Å². The Morgan fingerprint density at radius 1 is 1.00 bits per heavy atom. The normalized spacial score (nSPS) is 11.2. The average Bonchev–Trinajstić information content (AvgIpc) is 2.78. The Kier molecular flexibility index (Phi) is 8.83. The summed E-state index contributed by atoms with van der Waals surface area (Å²) in [5.74, 6) is 1.41. The van der Waals surface area contributed by atoms with Gasteiger partial charge in [-0.15, -0.1) is 0 Å². The van der Waals surface area contributed by atoms with Gasteiger partial charge in [-0.3, -0.25) is 9.10 Å². The van der Waals surface area contributed by atoms with Crippen LogP contribution in [-0.2, 0) is 22.3 Å². The maximum atomic E-state index is 12.5. The summed E-state index contributed by atoms with van der Waals surface area (Å²) in [5, 5.41) is 3.62. The SMILES string of the molecule is Cc1ccc(CN(c2ccc(C(=O)NCCSCc3cccc(Cl)c3)cc2)S(C)(=O)=O)cc1. The standard InChI is InChI=1S/C25H27ClN2O3S2/c1-19-6-8-20(9-7-19)17-28(33(2,30)31)24-12-10-22(11-13-24)25(29)27-14-15-32-18-21-4-3-5-23(26)16-21/h3-13,16H,14-15,17-18H2,1-2H3,(H,27,29). The molecule has 0 spiro atoms. The van der Waals surface area contributed by atoms with Gasteiger partial charge in [0.2, 0.25) is 10.0 Å². The largest absolute Gasteiger partial charge is 0.351 e. The van der Waals surface area contributed by atoms with E-state index < -0.39 is 10.0 Å². The molecule has 174 valence electrons. The molecule has 0 heterocycles. The number of benzene rings is 3. The van der Waals surface area contributed by atoms with E-state index in [-0.39, 0.29) is 12.5 Å². The van der Waals surface area contributed by atoms with Crippen molar-refractivity contribution in [3.05, 3.63) is 100 Å². The number of aryl methyl sites for hydroxylation is 1. The molecule has 0 unspecified atom stereocenters. The first-order valence-corrected chi connectivity index (χ1v) is 13.8. The second-order valence-corrected chi connectivity index (χ2v) is 11.2. The summed E-state index contributed by atoms with van der Waals surface area (Å²) in [6.07, 6.45) is 1.18. The van der Waals surface area contributed by atoms with Crippen LogP contribution in [0.1, 0.15) is 27.0 Å². The maximum absolute atomic E-state index is 12.5. The molecule has 1 amide bonds.